The summed E-state index contributed by atoms with van der Waals surface area (Å²) >= 11 is 1.13. The molecule has 1 heterocycles. The van der Waals surface area contributed by atoms with Crippen LogP contribution < -0.4 is 0 Å². The number of aromatic nitrogens is 1. The second kappa shape index (κ2) is 10.7. The second-order valence-electron chi connectivity index (χ2n) is 9.09. The topological polar surface area (TPSA) is 106 Å². The summed E-state index contributed by atoms with van der Waals surface area (Å²) in [5.74, 6) is -1.37. The van der Waals surface area contributed by atoms with E-state index in [1.807, 2.05) is 27.7 Å². The lowest BCUT2D eigenvalue weighted by Crippen LogP contribution is -2.44. The van der Waals surface area contributed by atoms with Gasteiger partial charge in [0.25, 0.3) is 0 Å². The number of hydrogen-bond acceptors (Lipinski definition) is 7. The SMILES string of the molecule is CC(C)CC(=O)O[C@@H](CC(C(C)C)N(C)C(=O)OC(C)(C)C)c1nc(C(=O)O)cs1. The second-order valence-corrected chi connectivity index (χ2v) is 9.98. The molecule has 30 heavy (non-hydrogen) atoms. The van der Waals surface area contributed by atoms with Crippen molar-refractivity contribution in [2.75, 3.05) is 7.05 Å². The molecule has 2 atom stereocenters. The van der Waals surface area contributed by atoms with Crippen LogP contribution in [0.25, 0.3) is 0 Å². The number of thiazole rings is 1. The van der Waals surface area contributed by atoms with E-state index in [4.69, 9.17) is 9.47 Å². The third kappa shape index (κ3) is 8.30. The summed E-state index contributed by atoms with van der Waals surface area (Å²) in [6, 6.07) is -0.311. The van der Waals surface area contributed by atoms with Gasteiger partial charge in [0.15, 0.2) is 11.8 Å². The van der Waals surface area contributed by atoms with Crippen LogP contribution in [0.15, 0.2) is 5.38 Å². The van der Waals surface area contributed by atoms with Crippen molar-refractivity contribution >= 4 is 29.4 Å². The number of hydrogen-bond donors (Lipinski definition) is 1. The molecule has 9 heteroatoms. The molecule has 0 aliphatic heterocycles. The van der Waals surface area contributed by atoms with Crippen molar-refractivity contribution in [2.45, 2.75) is 79.1 Å². The van der Waals surface area contributed by atoms with Crippen LogP contribution in [0.1, 0.15) is 82.9 Å². The highest BCUT2D eigenvalue weighted by Crippen LogP contribution is 2.31. The predicted octanol–water partition coefficient (Wildman–Crippen LogP) is 4.75. The minimum absolute atomic E-state index is 0.0349. The Hall–Kier alpha value is -2.16. The first-order valence-corrected chi connectivity index (χ1v) is 10.9. The van der Waals surface area contributed by atoms with Crippen LogP contribution in [0.4, 0.5) is 4.79 Å². The maximum absolute atomic E-state index is 12.6. The molecule has 1 N–H and O–H groups in total. The summed E-state index contributed by atoms with van der Waals surface area (Å²) < 4.78 is 11.2. The first-order valence-electron chi connectivity index (χ1n) is 10.0. The van der Waals surface area contributed by atoms with Gasteiger partial charge in [0.1, 0.15) is 10.6 Å². The van der Waals surface area contributed by atoms with Crippen molar-refractivity contribution in [2.24, 2.45) is 11.8 Å². The van der Waals surface area contributed by atoms with Crippen molar-refractivity contribution in [3.8, 4) is 0 Å². The van der Waals surface area contributed by atoms with Crippen molar-refractivity contribution in [1.29, 1.82) is 0 Å². The van der Waals surface area contributed by atoms with E-state index in [2.05, 4.69) is 4.98 Å². The number of rotatable bonds is 9. The average molecular weight is 443 g/mol. The standard InChI is InChI=1S/C21H34N2O6S/c1-12(2)9-17(24)28-16(18-22-14(11-30-18)19(25)26)10-15(13(3)4)23(8)20(27)29-21(5,6)7/h11-13,15-16H,9-10H2,1-8H3,(H,25,26)/t15?,16-/m0/s1. The fourth-order valence-corrected chi connectivity index (χ4v) is 3.67. The molecule has 0 aliphatic rings. The number of amides is 1. The third-order valence-corrected chi connectivity index (χ3v) is 5.21. The summed E-state index contributed by atoms with van der Waals surface area (Å²) in [6.45, 7) is 13.1. The molecule has 0 aromatic carbocycles. The molecule has 0 bridgehead atoms. The Bertz CT molecular complexity index is 738. The lowest BCUT2D eigenvalue weighted by atomic mass is 9.96. The molecule has 8 nitrogen and oxygen atoms in total. The van der Waals surface area contributed by atoms with Gasteiger partial charge in [0.2, 0.25) is 0 Å². The van der Waals surface area contributed by atoms with Crippen molar-refractivity contribution in [3.63, 3.8) is 0 Å². The molecular formula is C21H34N2O6S. The maximum Gasteiger partial charge on any atom is 0.410 e. The highest BCUT2D eigenvalue weighted by molar-refractivity contribution is 7.09. The Kier molecular flexibility index (Phi) is 9.27. The van der Waals surface area contributed by atoms with Gasteiger partial charge in [0, 0.05) is 31.3 Å². The van der Waals surface area contributed by atoms with Crippen LogP contribution in [0, 0.1) is 11.8 Å². The third-order valence-electron chi connectivity index (χ3n) is 4.27. The number of aromatic carboxylic acids is 1. The lowest BCUT2D eigenvalue weighted by molar-refractivity contribution is -0.151. The molecule has 170 valence electrons. The van der Waals surface area contributed by atoms with Gasteiger partial charge >= 0.3 is 18.0 Å². The molecule has 0 spiro atoms. The quantitative estimate of drug-likeness (QED) is 0.550. The minimum atomic E-state index is -1.14. The molecule has 1 unspecified atom stereocenters. The van der Waals surface area contributed by atoms with Gasteiger partial charge in [-0.15, -0.1) is 11.3 Å². The Morgan fingerprint density at radius 1 is 1.20 bits per heavy atom. The van der Waals surface area contributed by atoms with E-state index < -0.39 is 23.8 Å². The Balaban J connectivity index is 3.14. The van der Waals surface area contributed by atoms with Gasteiger partial charge in [-0.25, -0.2) is 14.6 Å². The molecular weight excluding hydrogens is 408 g/mol. The molecule has 0 radical (unpaired) electrons. The molecule has 0 saturated heterocycles. The van der Waals surface area contributed by atoms with Crippen molar-refractivity contribution in [1.82, 2.24) is 9.88 Å². The van der Waals surface area contributed by atoms with Gasteiger partial charge < -0.3 is 19.5 Å². The number of nitrogens with zero attached hydrogens (tertiary/aromatic N) is 2. The molecule has 0 fully saturated rings. The normalized spacial score (nSPS) is 13.8. The fourth-order valence-electron chi connectivity index (χ4n) is 2.84. The van der Waals surface area contributed by atoms with Gasteiger partial charge in [-0.1, -0.05) is 27.7 Å². The number of carbonyl (C=O) groups is 3. The minimum Gasteiger partial charge on any atom is -0.476 e. The number of ether oxygens (including phenoxy) is 2. The summed E-state index contributed by atoms with van der Waals surface area (Å²) in [6.07, 6.45) is -0.711. The van der Waals surface area contributed by atoms with Crippen LogP contribution >= 0.6 is 11.3 Å². The summed E-state index contributed by atoms with van der Waals surface area (Å²) in [5, 5.41) is 11.0. The van der Waals surface area contributed by atoms with E-state index in [-0.39, 0.29) is 42.4 Å². The molecule has 1 amide bonds. The lowest BCUT2D eigenvalue weighted by Gasteiger charge is -2.34. The van der Waals surface area contributed by atoms with Crippen LogP contribution in [0.2, 0.25) is 0 Å². The molecule has 1 aromatic heterocycles. The number of esters is 1. The van der Waals surface area contributed by atoms with Crippen LogP contribution in [-0.2, 0) is 14.3 Å². The zero-order valence-electron chi connectivity index (χ0n) is 19.1. The number of carboxylic acids is 1. The molecule has 0 aliphatic carbocycles. The van der Waals surface area contributed by atoms with Gasteiger partial charge in [0.05, 0.1) is 0 Å². The zero-order chi connectivity index (χ0) is 23.2. The van der Waals surface area contributed by atoms with E-state index in [0.717, 1.165) is 11.3 Å². The first-order chi connectivity index (χ1) is 13.7. The number of carboxylic acid groups (broad SMARTS) is 1. The van der Waals surface area contributed by atoms with Crippen molar-refractivity contribution in [3.05, 3.63) is 16.1 Å². The Labute approximate surface area is 182 Å². The summed E-state index contributed by atoms with van der Waals surface area (Å²) in [5.41, 5.74) is -0.733. The van der Waals surface area contributed by atoms with Crippen LogP contribution in [0.3, 0.4) is 0 Å². The number of carbonyl (C=O) groups excluding carboxylic acids is 2. The molecule has 1 rings (SSSR count). The first kappa shape index (κ1) is 25.9. The van der Waals surface area contributed by atoms with Gasteiger partial charge in [-0.05, 0) is 32.6 Å². The molecule has 0 saturated carbocycles. The van der Waals surface area contributed by atoms with Crippen LogP contribution in [0.5, 0.6) is 0 Å². The van der Waals surface area contributed by atoms with E-state index in [1.165, 1.54) is 10.3 Å². The Morgan fingerprint density at radius 3 is 2.23 bits per heavy atom. The van der Waals surface area contributed by atoms with Gasteiger partial charge in [-0.3, -0.25) is 4.79 Å². The fraction of sp³-hybridized carbons (Fsp3) is 0.714. The predicted molar refractivity (Wildman–Crippen MR) is 115 cm³/mol. The van der Waals surface area contributed by atoms with E-state index >= 15 is 0 Å². The monoisotopic (exact) mass is 442 g/mol. The Morgan fingerprint density at radius 2 is 1.80 bits per heavy atom. The highest BCUT2D eigenvalue weighted by atomic mass is 32.1. The maximum atomic E-state index is 12.6. The summed E-state index contributed by atoms with van der Waals surface area (Å²) in [4.78, 5) is 41.8. The molecule has 1 aromatic rings. The van der Waals surface area contributed by atoms with E-state index in [9.17, 15) is 19.5 Å². The van der Waals surface area contributed by atoms with Gasteiger partial charge in [-0.2, -0.15) is 0 Å². The van der Waals surface area contributed by atoms with Crippen molar-refractivity contribution < 1.29 is 29.0 Å². The average Bonchev–Trinajstić information content (AvgIpc) is 3.05. The highest BCUT2D eigenvalue weighted by Gasteiger charge is 2.33. The zero-order valence-corrected chi connectivity index (χ0v) is 19.9. The van der Waals surface area contributed by atoms with E-state index in [1.54, 1.807) is 27.8 Å². The largest absolute Gasteiger partial charge is 0.476 e. The van der Waals surface area contributed by atoms with Crippen LogP contribution in [-0.4, -0.2) is 51.7 Å². The van der Waals surface area contributed by atoms with E-state index in [0.29, 0.717) is 5.01 Å². The summed E-state index contributed by atoms with van der Waals surface area (Å²) in [7, 11) is 1.65. The smallest absolute Gasteiger partial charge is 0.410 e.